The molecule has 104 heavy (non-hydrogen) atoms. The Kier molecular flexibility index (Phi) is 25.6. The van der Waals surface area contributed by atoms with Crippen molar-refractivity contribution in [2.45, 2.75) is 135 Å². The van der Waals surface area contributed by atoms with Crippen molar-refractivity contribution < 1.29 is 77.8 Å². The van der Waals surface area contributed by atoms with Gasteiger partial charge in [-0.2, -0.15) is 28.1 Å². The molecule has 0 saturated heterocycles. The number of methoxy groups -OCH3 is 1. The number of carbonyl (C=O) groups is 4. The van der Waals surface area contributed by atoms with Gasteiger partial charge >= 0.3 is 30.2 Å². The summed E-state index contributed by atoms with van der Waals surface area (Å²) in [6, 6.07) is 30.5. The smallest absolute Gasteiger partial charge is 0.389 e. The van der Waals surface area contributed by atoms with E-state index in [1.54, 1.807) is 27.9 Å². The van der Waals surface area contributed by atoms with Gasteiger partial charge in [0.05, 0.1) is 67.4 Å². The summed E-state index contributed by atoms with van der Waals surface area (Å²) < 4.78 is 114. The van der Waals surface area contributed by atoms with Crippen LogP contribution < -0.4 is 30.6 Å². The van der Waals surface area contributed by atoms with Gasteiger partial charge in [-0.1, -0.05) is 121 Å². The molecule has 0 atom stereocenters. The number of alkyl halides is 3. The number of aryl methyl sites for hydroxylation is 6. The summed E-state index contributed by atoms with van der Waals surface area (Å²) in [4.78, 5) is 96.9. The maximum absolute atomic E-state index is 13.5. The monoisotopic (exact) mass is 1480 g/mol. The van der Waals surface area contributed by atoms with Gasteiger partial charge in [-0.15, -0.1) is 0 Å². The van der Waals surface area contributed by atoms with Gasteiger partial charge in [-0.3, -0.25) is 29.2 Å². The van der Waals surface area contributed by atoms with E-state index in [4.69, 9.17) is 28.6 Å². The van der Waals surface area contributed by atoms with Crippen LogP contribution in [0.25, 0.3) is 11.1 Å². The number of hydrogen-bond acceptors (Lipinski definition) is 21. The molecule has 5 aromatic carbocycles. The van der Waals surface area contributed by atoms with Crippen molar-refractivity contribution >= 4 is 61.0 Å². The van der Waals surface area contributed by atoms with Crippen molar-refractivity contribution in [2.75, 3.05) is 45.1 Å². The number of fused-ring (bicyclic) bond motifs is 1. The maximum atomic E-state index is 13.5. The molecule has 0 spiro atoms. The second-order valence-electron chi connectivity index (χ2n) is 25.1. The number of benzene rings is 5. The number of aromatic amines is 1. The number of oxime groups is 2. The van der Waals surface area contributed by atoms with Gasteiger partial charge in [0, 0.05) is 54.6 Å². The summed E-state index contributed by atoms with van der Waals surface area (Å²) >= 11 is 0. The second kappa shape index (κ2) is 33.7. The second-order valence-corrected chi connectivity index (χ2v) is 28.7. The van der Waals surface area contributed by atoms with Crippen molar-refractivity contribution in [1.29, 1.82) is 0 Å². The van der Waals surface area contributed by atoms with Crippen LogP contribution in [0.1, 0.15) is 127 Å². The fraction of sp³-hybridized carbons (Fsp3) is 0.375. The molecular formula is C72H82F3N11O16S2. The highest BCUT2D eigenvalue weighted by atomic mass is 32.2. The number of anilines is 1. The number of H-pyrrole nitrogens is 1. The number of nitrogens with one attached hydrogen (secondary N) is 3. The number of halogens is 3. The number of ketones is 1. The lowest BCUT2D eigenvalue weighted by atomic mass is 9.82. The minimum absolute atomic E-state index is 0.00623. The Morgan fingerprint density at radius 1 is 0.721 bits per heavy atom. The van der Waals surface area contributed by atoms with Gasteiger partial charge in [0.15, 0.2) is 26.9 Å². The standard InChI is InChI=1S/C23H32N2O4.C18H17NO3.C16H17N3O5S.C15H16F3N5O4S/c1-7-16-13-15(3)14-17(8-2)18(16)19-20(26)24-9-11-28-12-10-25(24)21(19)29-22(27)23(4,5)6;1-2-21-17(20)16-13-18(22-19-16,14-9-5-3-6-10-14)15-11-7-4-8-12-15;1-9-10(15(20)11-8-17-19(2)16(11)21)4-5-13(25(3,22)23)14(9)12-6-7-24-18-12;1-9-19-12(22-14(20-9)27-2)21-13(24)23-28(25,26)11-6-4-3-5-10(11)7-8-15(16,17)18/h13-14H,7-12H2,1-6H3;3-12H,2,13H2,1H3;4-5,8,17H,6-7H2,1-3H3;3-6H,7-8H2,1-2H3,(H2,19,20,21,22,23,24). The molecule has 6 heterocycles. The Labute approximate surface area is 598 Å². The summed E-state index contributed by atoms with van der Waals surface area (Å²) in [5, 5.41) is 12.7. The van der Waals surface area contributed by atoms with Gasteiger partial charge in [0.1, 0.15) is 23.6 Å². The number of ether oxygens (including phenoxy) is 4. The molecule has 0 saturated carbocycles. The molecular weight excluding hydrogens is 1400 g/mol. The number of aromatic nitrogens is 7. The first-order chi connectivity index (χ1) is 49.2. The highest BCUT2D eigenvalue weighted by Gasteiger charge is 2.45. The SMILES string of the molecule is CCOC(=O)C1=NOC(c2ccccc2)(c2ccccc2)C1.CCc1cc(C)cc(CC)c1-c1c(OC(=O)C(C)(C)C)n2n(c1=O)CCOCC2.COc1nc(C)nc(NC(=O)NS(=O)(=O)c2ccccc2CCC(F)(F)F)n1.Cc1c(C(=O)c2c[nH]n(C)c2=O)ccc(S(C)(=O)=O)c1C1=NOCC1. The number of sulfonamides is 1. The minimum atomic E-state index is -4.45. The first-order valence-corrected chi connectivity index (χ1v) is 36.4. The summed E-state index contributed by atoms with van der Waals surface area (Å²) in [7, 11) is -5.16. The average Bonchev–Trinajstić information content (AvgIpc) is 1.59. The third kappa shape index (κ3) is 19.0. The van der Waals surface area contributed by atoms with Crippen LogP contribution >= 0.6 is 0 Å². The van der Waals surface area contributed by atoms with E-state index in [-0.39, 0.29) is 50.9 Å². The van der Waals surface area contributed by atoms with Crippen molar-refractivity contribution in [2.24, 2.45) is 22.8 Å². The zero-order chi connectivity index (χ0) is 76.1. The van der Waals surface area contributed by atoms with Crippen LogP contribution in [0, 0.1) is 26.2 Å². The lowest BCUT2D eigenvalue weighted by molar-refractivity contribution is -0.143. The van der Waals surface area contributed by atoms with E-state index < -0.39 is 78.1 Å². The number of nitrogens with zero attached hydrogens (tertiary/aromatic N) is 8. The summed E-state index contributed by atoms with van der Waals surface area (Å²) in [6.45, 7) is 19.1. The molecule has 0 radical (unpaired) electrons. The number of sulfone groups is 1. The Morgan fingerprint density at radius 3 is 1.88 bits per heavy atom. The van der Waals surface area contributed by atoms with Crippen LogP contribution in [0.2, 0.25) is 0 Å². The van der Waals surface area contributed by atoms with E-state index in [9.17, 15) is 58.8 Å². The van der Waals surface area contributed by atoms with Crippen molar-refractivity contribution in [1.82, 2.24) is 38.8 Å². The van der Waals surface area contributed by atoms with Crippen LogP contribution in [0.4, 0.5) is 23.9 Å². The van der Waals surface area contributed by atoms with Crippen LogP contribution in [0.5, 0.6) is 11.9 Å². The molecule has 0 aliphatic carbocycles. The molecule has 3 aliphatic rings. The first-order valence-electron chi connectivity index (χ1n) is 33.0. The molecule has 554 valence electrons. The molecule has 11 rings (SSSR count). The predicted octanol–water partition coefficient (Wildman–Crippen LogP) is 9.98. The van der Waals surface area contributed by atoms with Crippen molar-refractivity contribution in [3.05, 3.63) is 198 Å². The fourth-order valence-corrected chi connectivity index (χ4v) is 13.6. The van der Waals surface area contributed by atoms with Crippen LogP contribution in [0.3, 0.4) is 0 Å². The molecule has 27 nitrogen and oxygen atoms in total. The number of rotatable bonds is 18. The molecule has 32 heteroatoms. The van der Waals surface area contributed by atoms with Gasteiger partial charge < -0.3 is 33.7 Å². The maximum Gasteiger partial charge on any atom is 0.389 e. The highest BCUT2D eigenvalue weighted by Crippen LogP contribution is 2.42. The molecule has 3 aromatic heterocycles. The topological polar surface area (TPSA) is 344 Å². The predicted molar refractivity (Wildman–Crippen MR) is 379 cm³/mol. The van der Waals surface area contributed by atoms with Crippen molar-refractivity contribution in [3.63, 3.8) is 0 Å². The van der Waals surface area contributed by atoms with Crippen LogP contribution in [-0.2, 0) is 93.6 Å². The average molecular weight is 1480 g/mol. The first kappa shape index (κ1) is 79.1. The quantitative estimate of drug-likeness (QED) is 0.0531. The number of esters is 2. The van der Waals surface area contributed by atoms with Gasteiger partial charge in [-0.05, 0) is 114 Å². The molecule has 0 bridgehead atoms. The molecule has 0 unspecified atom stereocenters. The highest BCUT2D eigenvalue weighted by molar-refractivity contribution is 7.91. The van der Waals surface area contributed by atoms with Crippen LogP contribution in [-0.4, -0.2) is 132 Å². The zero-order valence-electron chi connectivity index (χ0n) is 59.5. The summed E-state index contributed by atoms with van der Waals surface area (Å²) in [6.07, 6.45) is -1.35. The zero-order valence-corrected chi connectivity index (χ0v) is 61.1. The van der Waals surface area contributed by atoms with Gasteiger partial charge in [0.25, 0.3) is 21.1 Å². The summed E-state index contributed by atoms with van der Waals surface area (Å²) in [5.41, 5.74) is 6.50. The Bertz CT molecular complexity index is 4850. The van der Waals surface area contributed by atoms with Crippen molar-refractivity contribution in [3.8, 4) is 23.0 Å². The van der Waals surface area contributed by atoms with E-state index in [0.29, 0.717) is 86.4 Å². The molecule has 3 aliphatic heterocycles. The Hall–Kier alpha value is -10.6. The molecule has 8 aromatic rings. The van der Waals surface area contributed by atoms with E-state index in [0.717, 1.165) is 53.0 Å². The third-order valence-corrected chi connectivity index (χ3v) is 19.1. The normalized spacial score (nSPS) is 14.0. The van der Waals surface area contributed by atoms with Gasteiger partial charge in [-0.25, -0.2) is 40.5 Å². The molecule has 2 amide bonds. The minimum Gasteiger partial charge on any atom is -0.467 e. The largest absolute Gasteiger partial charge is 0.467 e. The van der Waals surface area contributed by atoms with E-state index >= 15 is 0 Å². The van der Waals surface area contributed by atoms with Crippen LogP contribution in [0.15, 0.2) is 145 Å². The summed E-state index contributed by atoms with van der Waals surface area (Å²) in [5.74, 6) is -0.956. The molecule has 0 fully saturated rings. The fourth-order valence-electron chi connectivity index (χ4n) is 11.5. The van der Waals surface area contributed by atoms with Gasteiger partial charge in [0.2, 0.25) is 11.8 Å². The number of hydrogen-bond donors (Lipinski definition) is 3. The van der Waals surface area contributed by atoms with E-state index in [1.165, 1.54) is 67.9 Å². The van der Waals surface area contributed by atoms with E-state index in [2.05, 4.69) is 68.6 Å². The number of urea groups is 1. The Balaban J connectivity index is 0.000000176. The van der Waals surface area contributed by atoms with E-state index in [1.807, 2.05) is 81.4 Å². The number of amides is 2. The lowest BCUT2D eigenvalue weighted by Gasteiger charge is -2.27. The Morgan fingerprint density at radius 2 is 1.34 bits per heavy atom. The lowest BCUT2D eigenvalue weighted by Crippen LogP contribution is -2.35. The molecule has 3 N–H and O–H groups in total. The third-order valence-electron chi connectivity index (χ3n) is 16.5. The number of carbonyl (C=O) groups excluding carboxylic acids is 4.